The average molecular weight is 326 g/mol. The molecule has 0 saturated carbocycles. The van der Waals surface area contributed by atoms with E-state index in [1.54, 1.807) is 21.3 Å². The van der Waals surface area contributed by atoms with Gasteiger partial charge in [0, 0.05) is 20.1 Å². The van der Waals surface area contributed by atoms with Crippen molar-refractivity contribution in [2.45, 2.75) is 13.0 Å². The molecule has 0 bridgehead atoms. The molecule has 0 N–H and O–H groups in total. The fourth-order valence-electron chi connectivity index (χ4n) is 2.87. The lowest BCUT2D eigenvalue weighted by atomic mass is 10.1. The van der Waals surface area contributed by atoms with Gasteiger partial charge in [-0.1, -0.05) is 18.2 Å². The monoisotopic (exact) mass is 326 g/mol. The summed E-state index contributed by atoms with van der Waals surface area (Å²) in [6.07, 6.45) is 0.721. The molecular formula is C19H22N2O3. The van der Waals surface area contributed by atoms with E-state index >= 15 is 0 Å². The summed E-state index contributed by atoms with van der Waals surface area (Å²) in [5, 5.41) is 0. The van der Waals surface area contributed by atoms with Crippen LogP contribution < -0.4 is 9.47 Å². The first-order valence-electron chi connectivity index (χ1n) is 7.90. The molecule has 24 heavy (non-hydrogen) atoms. The summed E-state index contributed by atoms with van der Waals surface area (Å²) in [5.74, 6) is 2.48. The van der Waals surface area contributed by atoms with Crippen molar-refractivity contribution in [3.05, 3.63) is 53.9 Å². The number of hydrogen-bond donors (Lipinski definition) is 0. The third kappa shape index (κ3) is 3.21. The van der Waals surface area contributed by atoms with Gasteiger partial charge >= 0.3 is 0 Å². The summed E-state index contributed by atoms with van der Waals surface area (Å²) in [7, 11) is 5.00. The molecule has 0 saturated heterocycles. The van der Waals surface area contributed by atoms with Crippen molar-refractivity contribution in [3.8, 4) is 11.5 Å². The minimum absolute atomic E-state index is 0.652. The number of aromatic nitrogens is 2. The quantitative estimate of drug-likeness (QED) is 0.668. The number of rotatable bonds is 7. The van der Waals surface area contributed by atoms with Gasteiger partial charge in [0.15, 0.2) is 11.5 Å². The van der Waals surface area contributed by atoms with Gasteiger partial charge in [-0.05, 0) is 29.8 Å². The Morgan fingerprint density at radius 1 is 0.958 bits per heavy atom. The molecule has 0 fully saturated rings. The van der Waals surface area contributed by atoms with Gasteiger partial charge in [0.25, 0.3) is 0 Å². The van der Waals surface area contributed by atoms with Crippen LogP contribution in [0.4, 0.5) is 0 Å². The molecule has 0 atom stereocenters. The summed E-state index contributed by atoms with van der Waals surface area (Å²) >= 11 is 0. The highest BCUT2D eigenvalue weighted by Gasteiger charge is 2.12. The van der Waals surface area contributed by atoms with Crippen LogP contribution in [0.3, 0.4) is 0 Å². The van der Waals surface area contributed by atoms with Crippen molar-refractivity contribution in [3.63, 3.8) is 0 Å². The second kappa shape index (κ2) is 7.36. The zero-order valence-corrected chi connectivity index (χ0v) is 14.3. The Morgan fingerprint density at radius 3 is 2.50 bits per heavy atom. The van der Waals surface area contributed by atoms with Gasteiger partial charge in [-0.2, -0.15) is 0 Å². The van der Waals surface area contributed by atoms with Crippen LogP contribution in [0.15, 0.2) is 42.5 Å². The van der Waals surface area contributed by atoms with Crippen molar-refractivity contribution in [2.75, 3.05) is 27.9 Å². The Morgan fingerprint density at radius 2 is 1.75 bits per heavy atom. The van der Waals surface area contributed by atoms with Crippen LogP contribution in [0, 0.1) is 0 Å². The van der Waals surface area contributed by atoms with Gasteiger partial charge in [0.05, 0.1) is 31.9 Å². The van der Waals surface area contributed by atoms with Gasteiger partial charge in [-0.3, -0.25) is 0 Å². The number of imidazole rings is 1. The van der Waals surface area contributed by atoms with E-state index < -0.39 is 0 Å². The fraction of sp³-hybridized carbons (Fsp3) is 0.316. The van der Waals surface area contributed by atoms with Crippen LogP contribution in [-0.4, -0.2) is 37.5 Å². The van der Waals surface area contributed by atoms with Crippen molar-refractivity contribution in [1.29, 1.82) is 0 Å². The maximum Gasteiger partial charge on any atom is 0.161 e. The first-order valence-corrected chi connectivity index (χ1v) is 7.90. The van der Waals surface area contributed by atoms with E-state index in [9.17, 15) is 0 Å². The van der Waals surface area contributed by atoms with E-state index in [1.165, 1.54) is 0 Å². The van der Waals surface area contributed by atoms with Crippen molar-refractivity contribution in [1.82, 2.24) is 9.55 Å². The molecule has 0 aliphatic carbocycles. The van der Waals surface area contributed by atoms with Crippen molar-refractivity contribution in [2.24, 2.45) is 0 Å². The maximum absolute atomic E-state index is 5.40. The van der Waals surface area contributed by atoms with E-state index in [0.29, 0.717) is 6.61 Å². The number of nitrogens with zero attached hydrogens (tertiary/aromatic N) is 2. The molecule has 3 rings (SSSR count). The van der Waals surface area contributed by atoms with Gasteiger partial charge < -0.3 is 18.8 Å². The molecule has 0 unspecified atom stereocenters. The molecule has 0 aliphatic heterocycles. The minimum Gasteiger partial charge on any atom is -0.493 e. The van der Waals surface area contributed by atoms with Gasteiger partial charge in [0.1, 0.15) is 5.82 Å². The molecule has 0 amide bonds. The normalized spacial score (nSPS) is 11.0. The first kappa shape index (κ1) is 16.3. The Bertz CT molecular complexity index is 827. The molecule has 0 spiro atoms. The summed E-state index contributed by atoms with van der Waals surface area (Å²) in [6, 6.07) is 14.1. The number of ether oxygens (including phenoxy) is 3. The van der Waals surface area contributed by atoms with Crippen LogP contribution in [0.5, 0.6) is 11.5 Å². The molecule has 5 heteroatoms. The van der Waals surface area contributed by atoms with Crippen LogP contribution in [0.1, 0.15) is 11.4 Å². The average Bonchev–Trinajstić information content (AvgIpc) is 2.96. The van der Waals surface area contributed by atoms with Crippen LogP contribution >= 0.6 is 0 Å². The van der Waals surface area contributed by atoms with Gasteiger partial charge in [0.2, 0.25) is 0 Å². The predicted molar refractivity (Wildman–Crippen MR) is 94.0 cm³/mol. The highest BCUT2D eigenvalue weighted by molar-refractivity contribution is 5.76. The third-order valence-electron chi connectivity index (χ3n) is 4.06. The molecule has 126 valence electrons. The summed E-state index contributed by atoms with van der Waals surface area (Å²) in [6.45, 7) is 1.43. The second-order valence-electron chi connectivity index (χ2n) is 5.53. The number of methoxy groups -OCH3 is 3. The largest absolute Gasteiger partial charge is 0.493 e. The first-order chi connectivity index (χ1) is 11.8. The molecule has 0 aliphatic rings. The number of fused-ring (bicyclic) bond motifs is 1. The summed E-state index contributed by atoms with van der Waals surface area (Å²) in [4.78, 5) is 4.79. The zero-order valence-electron chi connectivity index (χ0n) is 14.3. The highest BCUT2D eigenvalue weighted by Crippen LogP contribution is 2.29. The minimum atomic E-state index is 0.652. The number of para-hydroxylation sites is 2. The van der Waals surface area contributed by atoms with Crippen LogP contribution in [0.2, 0.25) is 0 Å². The molecule has 5 nitrogen and oxygen atoms in total. The lowest BCUT2D eigenvalue weighted by molar-refractivity contribution is 0.187. The number of hydrogen-bond acceptors (Lipinski definition) is 4. The molecule has 2 aromatic carbocycles. The van der Waals surface area contributed by atoms with E-state index in [-0.39, 0.29) is 0 Å². The Hall–Kier alpha value is -2.53. The van der Waals surface area contributed by atoms with E-state index in [1.807, 2.05) is 36.4 Å². The zero-order chi connectivity index (χ0) is 16.9. The van der Waals surface area contributed by atoms with E-state index in [4.69, 9.17) is 19.2 Å². The van der Waals surface area contributed by atoms with Gasteiger partial charge in [-0.15, -0.1) is 0 Å². The third-order valence-corrected chi connectivity index (χ3v) is 4.06. The van der Waals surface area contributed by atoms with Crippen LogP contribution in [-0.2, 0) is 17.7 Å². The summed E-state index contributed by atoms with van der Waals surface area (Å²) in [5.41, 5.74) is 3.26. The molecule has 1 aromatic heterocycles. The Kier molecular flexibility index (Phi) is 5.01. The van der Waals surface area contributed by atoms with Crippen molar-refractivity contribution < 1.29 is 14.2 Å². The van der Waals surface area contributed by atoms with E-state index in [2.05, 4.69) is 10.6 Å². The molecular weight excluding hydrogens is 304 g/mol. The highest BCUT2D eigenvalue weighted by atomic mass is 16.5. The Balaban J connectivity index is 1.97. The lowest BCUT2D eigenvalue weighted by Crippen LogP contribution is -2.09. The molecule has 1 heterocycles. The van der Waals surface area contributed by atoms with Gasteiger partial charge in [-0.25, -0.2) is 4.98 Å². The number of benzene rings is 2. The fourth-order valence-corrected chi connectivity index (χ4v) is 2.87. The molecule has 0 radical (unpaired) electrons. The smallest absolute Gasteiger partial charge is 0.161 e. The SMILES string of the molecule is COCCn1c(Cc2ccc(OC)c(OC)c2)nc2ccccc21. The topological polar surface area (TPSA) is 45.5 Å². The lowest BCUT2D eigenvalue weighted by Gasteiger charge is -2.11. The summed E-state index contributed by atoms with van der Waals surface area (Å²) < 4.78 is 18.2. The van der Waals surface area contributed by atoms with E-state index in [0.717, 1.165) is 46.9 Å². The van der Waals surface area contributed by atoms with Crippen LogP contribution in [0.25, 0.3) is 11.0 Å². The second-order valence-corrected chi connectivity index (χ2v) is 5.53. The van der Waals surface area contributed by atoms with Crippen molar-refractivity contribution >= 4 is 11.0 Å². The maximum atomic E-state index is 5.40. The Labute approximate surface area is 141 Å². The predicted octanol–water partition coefficient (Wildman–Crippen LogP) is 3.29. The standard InChI is InChI=1S/C19H22N2O3/c1-22-11-10-21-16-7-5-4-6-15(16)20-19(21)13-14-8-9-17(23-2)18(12-14)24-3/h4-9,12H,10-11,13H2,1-3H3. The molecule has 3 aromatic rings.